The number of rotatable bonds is 3. The summed E-state index contributed by atoms with van der Waals surface area (Å²) < 4.78 is 40.1. The number of hydrogen-bond donors (Lipinski definition) is 2. The van der Waals surface area contributed by atoms with Gasteiger partial charge in [0, 0.05) is 0 Å². The molecule has 0 atom stereocenters. The zero-order chi connectivity index (χ0) is 15.8. The summed E-state index contributed by atoms with van der Waals surface area (Å²) in [5.41, 5.74) is 6.39. The van der Waals surface area contributed by atoms with Gasteiger partial charge in [0.1, 0.15) is 5.82 Å². The van der Waals surface area contributed by atoms with E-state index in [1.807, 2.05) is 0 Å². The molecule has 0 amide bonds. The van der Waals surface area contributed by atoms with Gasteiger partial charge in [0.05, 0.1) is 26.3 Å². The van der Waals surface area contributed by atoms with Crippen molar-refractivity contribution in [2.24, 2.45) is 0 Å². The molecule has 21 heavy (non-hydrogen) atoms. The van der Waals surface area contributed by atoms with Crippen LogP contribution in [0.3, 0.4) is 0 Å². The van der Waals surface area contributed by atoms with Crippen LogP contribution in [0.25, 0.3) is 0 Å². The first-order chi connectivity index (χ1) is 9.70. The molecular weight excluding hydrogens is 338 g/mol. The predicted molar refractivity (Wildman–Crippen MR) is 82.8 cm³/mol. The largest absolute Gasteiger partial charge is 0.397 e. The van der Waals surface area contributed by atoms with Gasteiger partial charge in [0.25, 0.3) is 10.0 Å². The quantitative estimate of drug-likeness (QED) is 0.828. The maximum Gasteiger partial charge on any atom is 0.261 e. The van der Waals surface area contributed by atoms with Crippen LogP contribution < -0.4 is 10.5 Å². The van der Waals surface area contributed by atoms with Crippen LogP contribution in [0, 0.1) is 12.7 Å². The van der Waals surface area contributed by atoms with Gasteiger partial charge >= 0.3 is 0 Å². The summed E-state index contributed by atoms with van der Waals surface area (Å²) in [7, 11) is -3.90. The highest BCUT2D eigenvalue weighted by atomic mass is 35.5. The van der Waals surface area contributed by atoms with Crippen LogP contribution in [0.15, 0.2) is 35.2 Å². The number of nitrogens with two attached hydrogens (primary N) is 1. The zero-order valence-corrected chi connectivity index (χ0v) is 13.2. The van der Waals surface area contributed by atoms with Gasteiger partial charge < -0.3 is 5.73 Å². The number of nitrogen functional groups attached to an aromatic ring is 1. The van der Waals surface area contributed by atoms with Gasteiger partial charge in [0.2, 0.25) is 0 Å². The third-order valence-corrected chi connectivity index (χ3v) is 4.92. The Hall–Kier alpha value is -1.50. The van der Waals surface area contributed by atoms with Crippen LogP contribution in [-0.4, -0.2) is 8.42 Å². The van der Waals surface area contributed by atoms with Gasteiger partial charge in [-0.25, -0.2) is 12.8 Å². The molecule has 4 nitrogen and oxygen atoms in total. The third-order valence-electron chi connectivity index (χ3n) is 2.74. The highest BCUT2D eigenvalue weighted by molar-refractivity contribution is 7.92. The van der Waals surface area contributed by atoms with Crippen LogP contribution in [0.4, 0.5) is 15.8 Å². The van der Waals surface area contributed by atoms with E-state index in [0.717, 1.165) is 6.07 Å². The van der Waals surface area contributed by atoms with Crippen molar-refractivity contribution in [3.05, 3.63) is 51.8 Å². The lowest BCUT2D eigenvalue weighted by atomic mass is 10.2. The molecule has 112 valence electrons. The molecule has 8 heteroatoms. The summed E-state index contributed by atoms with van der Waals surface area (Å²) in [4.78, 5) is -0.0581. The van der Waals surface area contributed by atoms with Crippen LogP contribution in [0.5, 0.6) is 0 Å². The second-order valence-electron chi connectivity index (χ2n) is 4.38. The fraction of sp³-hybridized carbons (Fsp3) is 0.0769. The molecule has 0 radical (unpaired) electrons. The number of anilines is 2. The minimum atomic E-state index is -3.90. The average Bonchev–Trinajstić information content (AvgIpc) is 2.39. The average molecular weight is 349 g/mol. The Morgan fingerprint density at radius 1 is 1.19 bits per heavy atom. The van der Waals surface area contributed by atoms with E-state index in [1.165, 1.54) is 24.3 Å². The number of sulfonamides is 1. The molecule has 0 aliphatic rings. The molecule has 0 saturated heterocycles. The smallest absolute Gasteiger partial charge is 0.261 e. The normalized spacial score (nSPS) is 11.4. The SMILES string of the molecule is Cc1cc(S(=O)(=O)Nc2ccc(Cl)c(F)c2)cc(N)c1Cl. The summed E-state index contributed by atoms with van der Waals surface area (Å²) >= 11 is 11.4. The number of halogens is 3. The van der Waals surface area contributed by atoms with Gasteiger partial charge in [0.15, 0.2) is 0 Å². The summed E-state index contributed by atoms with van der Waals surface area (Å²) in [6.45, 7) is 1.64. The Bertz CT molecular complexity index is 787. The number of benzene rings is 2. The molecule has 0 unspecified atom stereocenters. The topological polar surface area (TPSA) is 72.2 Å². The van der Waals surface area contributed by atoms with Crippen LogP contribution >= 0.6 is 23.2 Å². The Morgan fingerprint density at radius 3 is 2.43 bits per heavy atom. The first kappa shape index (κ1) is 15.9. The molecule has 2 rings (SSSR count). The summed E-state index contributed by atoms with van der Waals surface area (Å²) in [6, 6.07) is 6.23. The first-order valence-electron chi connectivity index (χ1n) is 5.74. The lowest BCUT2D eigenvalue weighted by Gasteiger charge is -2.11. The van der Waals surface area contributed by atoms with Gasteiger partial charge in [-0.05, 0) is 42.8 Å². The van der Waals surface area contributed by atoms with Crippen LogP contribution in [-0.2, 0) is 10.0 Å². The third kappa shape index (κ3) is 3.40. The summed E-state index contributed by atoms with van der Waals surface area (Å²) in [6.07, 6.45) is 0. The Labute approximate surface area is 131 Å². The molecule has 0 heterocycles. The number of aryl methyl sites for hydroxylation is 1. The molecule has 0 aliphatic carbocycles. The van der Waals surface area contributed by atoms with Crippen molar-refractivity contribution in [3.63, 3.8) is 0 Å². The van der Waals surface area contributed by atoms with Crippen molar-refractivity contribution in [3.8, 4) is 0 Å². The van der Waals surface area contributed by atoms with E-state index in [2.05, 4.69) is 4.72 Å². The molecule has 0 fully saturated rings. The minimum Gasteiger partial charge on any atom is -0.397 e. The highest BCUT2D eigenvalue weighted by Gasteiger charge is 2.17. The standard InChI is InChI=1S/C13H11Cl2FN2O2S/c1-7-4-9(6-12(17)13(7)15)21(19,20)18-8-2-3-10(14)11(16)5-8/h2-6,18H,17H2,1H3. The van der Waals surface area contributed by atoms with Crippen LogP contribution in [0.2, 0.25) is 10.0 Å². The molecule has 0 saturated carbocycles. The first-order valence-corrected chi connectivity index (χ1v) is 7.98. The van der Waals surface area contributed by atoms with E-state index in [1.54, 1.807) is 6.92 Å². The van der Waals surface area contributed by atoms with Crippen molar-refractivity contribution in [1.82, 2.24) is 0 Å². The highest BCUT2D eigenvalue weighted by Crippen LogP contribution is 2.28. The molecule has 0 spiro atoms. The van der Waals surface area contributed by atoms with Crippen LogP contribution in [0.1, 0.15) is 5.56 Å². The van der Waals surface area contributed by atoms with Crippen molar-refractivity contribution in [1.29, 1.82) is 0 Å². The van der Waals surface area contributed by atoms with Crippen molar-refractivity contribution in [2.75, 3.05) is 10.5 Å². The Balaban J connectivity index is 2.40. The van der Waals surface area contributed by atoms with Crippen molar-refractivity contribution >= 4 is 44.6 Å². The Kier molecular flexibility index (Phi) is 4.32. The molecule has 2 aromatic rings. The fourth-order valence-corrected chi connectivity index (χ4v) is 3.09. The van der Waals surface area contributed by atoms with Crippen molar-refractivity contribution < 1.29 is 12.8 Å². The second-order valence-corrected chi connectivity index (χ2v) is 6.85. The van der Waals surface area contributed by atoms with Gasteiger partial charge in [-0.15, -0.1) is 0 Å². The summed E-state index contributed by atoms with van der Waals surface area (Å²) in [5.74, 6) is -0.719. The fourth-order valence-electron chi connectivity index (χ4n) is 1.69. The van der Waals surface area contributed by atoms with E-state index in [-0.39, 0.29) is 21.3 Å². The molecule has 0 aromatic heterocycles. The molecule has 0 aliphatic heterocycles. The predicted octanol–water partition coefficient (Wildman–Crippen LogP) is 3.82. The van der Waals surface area contributed by atoms with Gasteiger partial charge in [-0.2, -0.15) is 0 Å². The second kappa shape index (κ2) is 5.71. The maximum atomic E-state index is 13.3. The van der Waals surface area contributed by atoms with E-state index in [4.69, 9.17) is 28.9 Å². The number of hydrogen-bond acceptors (Lipinski definition) is 3. The maximum absolute atomic E-state index is 13.3. The molecular formula is C13H11Cl2FN2O2S. The van der Waals surface area contributed by atoms with E-state index in [9.17, 15) is 12.8 Å². The Morgan fingerprint density at radius 2 is 1.86 bits per heavy atom. The summed E-state index contributed by atoms with van der Waals surface area (Å²) in [5, 5.41) is 0.205. The van der Waals surface area contributed by atoms with E-state index >= 15 is 0 Å². The van der Waals surface area contributed by atoms with Crippen molar-refractivity contribution in [2.45, 2.75) is 11.8 Å². The lowest BCUT2D eigenvalue weighted by Crippen LogP contribution is -2.13. The van der Waals surface area contributed by atoms with Gasteiger partial charge in [-0.3, -0.25) is 4.72 Å². The van der Waals surface area contributed by atoms with E-state index in [0.29, 0.717) is 10.6 Å². The zero-order valence-electron chi connectivity index (χ0n) is 10.8. The molecule has 2 aromatic carbocycles. The van der Waals surface area contributed by atoms with Gasteiger partial charge in [-0.1, -0.05) is 23.2 Å². The monoisotopic (exact) mass is 348 g/mol. The lowest BCUT2D eigenvalue weighted by molar-refractivity contribution is 0.601. The number of nitrogens with one attached hydrogen (secondary N) is 1. The molecule has 3 N–H and O–H groups in total. The molecule has 0 bridgehead atoms. The minimum absolute atomic E-state index is 0.0581. The van der Waals surface area contributed by atoms with E-state index < -0.39 is 15.8 Å².